The Hall–Kier alpha value is -3.65. The highest BCUT2D eigenvalue weighted by Gasteiger charge is 2.13. The minimum atomic E-state index is -0.522. The number of rotatable bonds is 7. The molecule has 1 aliphatic heterocycles. The number of nitrogens with two attached hydrogens (primary N) is 2. The molecule has 2 heterocycles. The second-order valence-corrected chi connectivity index (χ2v) is 10.4. The third-order valence-electron chi connectivity index (χ3n) is 7.45. The fraction of sp³-hybridized carbons (Fsp3) is 0.485. The number of hydrogen-bond donors (Lipinski definition) is 2. The topological polar surface area (TPSA) is 138 Å². The summed E-state index contributed by atoms with van der Waals surface area (Å²) in [7, 11) is 0. The third-order valence-corrected chi connectivity index (χ3v) is 7.45. The first kappa shape index (κ1) is 34.2. The summed E-state index contributed by atoms with van der Waals surface area (Å²) in [5.41, 5.74) is 9.54. The lowest BCUT2D eigenvalue weighted by molar-refractivity contribution is -0.0116. The second kappa shape index (κ2) is 18.4. The first-order valence-electron chi connectivity index (χ1n) is 15.6. The van der Waals surface area contributed by atoms with Crippen molar-refractivity contribution in [2.24, 2.45) is 11.6 Å². The lowest BCUT2D eigenvalue weighted by atomic mass is 10.1. The van der Waals surface area contributed by atoms with E-state index in [1.54, 1.807) is 6.07 Å². The van der Waals surface area contributed by atoms with Gasteiger partial charge in [0.15, 0.2) is 0 Å². The van der Waals surface area contributed by atoms with Gasteiger partial charge in [0.2, 0.25) is 0 Å². The first-order valence-corrected chi connectivity index (χ1v) is 15.6. The van der Waals surface area contributed by atoms with Gasteiger partial charge in [0.25, 0.3) is 0 Å². The highest BCUT2D eigenvalue weighted by Crippen LogP contribution is 2.24. The second-order valence-electron chi connectivity index (χ2n) is 10.4. The van der Waals surface area contributed by atoms with Gasteiger partial charge in [-0.1, -0.05) is 0 Å². The van der Waals surface area contributed by atoms with Gasteiger partial charge < -0.3 is 43.6 Å². The minimum absolute atomic E-state index is 0.202. The number of ether oxygens (including phenoxy) is 5. The maximum absolute atomic E-state index is 12.8. The molecule has 1 aromatic heterocycles. The summed E-state index contributed by atoms with van der Waals surface area (Å²) in [5, 5.41) is 2.18. The van der Waals surface area contributed by atoms with Gasteiger partial charge in [0.05, 0.1) is 83.0 Å². The van der Waals surface area contributed by atoms with Gasteiger partial charge in [-0.25, -0.2) is 10.6 Å². The van der Waals surface area contributed by atoms with E-state index >= 15 is 0 Å². The van der Waals surface area contributed by atoms with Crippen LogP contribution in [0.5, 0.6) is 0 Å². The van der Waals surface area contributed by atoms with E-state index in [1.807, 2.05) is 42.5 Å². The summed E-state index contributed by atoms with van der Waals surface area (Å²) in [6.45, 7) is 12.5. The average Bonchev–Trinajstić information content (AvgIpc) is 3.05. The van der Waals surface area contributed by atoms with Crippen molar-refractivity contribution in [2.45, 2.75) is 13.8 Å². The van der Waals surface area contributed by atoms with Crippen molar-refractivity contribution in [1.82, 2.24) is 0 Å². The van der Waals surface area contributed by atoms with Gasteiger partial charge in [-0.05, 0) is 62.4 Å². The molecule has 0 aliphatic carbocycles. The molecular formula is C33H47N5O7. The Bertz CT molecular complexity index is 1380. The Balaban J connectivity index is 1.42. The molecule has 0 atom stereocenters. The Kier molecular flexibility index (Phi) is 14.0. The number of anilines is 3. The Morgan fingerprint density at radius 3 is 1.80 bits per heavy atom. The molecule has 12 nitrogen and oxygen atoms in total. The molecule has 4 N–H and O–H groups in total. The molecule has 1 fully saturated rings. The van der Waals surface area contributed by atoms with Crippen LogP contribution in [0.1, 0.15) is 19.4 Å². The summed E-state index contributed by atoms with van der Waals surface area (Å²) in [5.74, 6) is 6.37. The highest BCUT2D eigenvalue weighted by atomic mass is 16.6. The lowest BCUT2D eigenvalue weighted by Gasteiger charge is -2.26. The van der Waals surface area contributed by atoms with E-state index in [-0.39, 0.29) is 11.3 Å². The number of hydrazine groups is 1. The van der Waals surface area contributed by atoms with Crippen LogP contribution < -0.4 is 32.0 Å². The van der Waals surface area contributed by atoms with E-state index in [4.69, 9.17) is 39.7 Å². The maximum Gasteiger partial charge on any atom is 0.345 e. The zero-order valence-corrected chi connectivity index (χ0v) is 26.4. The van der Waals surface area contributed by atoms with Crippen LogP contribution in [0, 0.1) is 0 Å². The first-order chi connectivity index (χ1) is 22.0. The van der Waals surface area contributed by atoms with Crippen molar-refractivity contribution in [3.63, 3.8) is 0 Å². The predicted octanol–water partition coefficient (Wildman–Crippen LogP) is 3.18. The Morgan fingerprint density at radius 1 is 0.756 bits per heavy atom. The van der Waals surface area contributed by atoms with Crippen molar-refractivity contribution in [1.29, 1.82) is 0 Å². The molecular weight excluding hydrogens is 578 g/mol. The molecule has 3 aromatic rings. The lowest BCUT2D eigenvalue weighted by Crippen LogP contribution is -2.32. The molecule has 0 unspecified atom stereocenters. The standard InChI is InChI=1S/C33H47N5O7/c1-3-36(4-2)29-9-10-32-26(23-29)24-30(33(39)45-32)31(34)25-38(35)28-7-5-27(6-8-28)37-11-13-40-15-17-42-19-21-44-22-20-43-18-16-41-14-12-37/h5-10,23-25H,3-4,11-22,34-35H2,1-2H3/b31-25-. The number of nitrogens with zero attached hydrogens (tertiary/aromatic N) is 3. The quantitative estimate of drug-likeness (QED) is 0.227. The molecule has 246 valence electrons. The molecule has 0 radical (unpaired) electrons. The van der Waals surface area contributed by atoms with Crippen molar-refractivity contribution >= 4 is 33.7 Å². The molecule has 1 saturated heterocycles. The minimum Gasteiger partial charge on any atom is -0.422 e. The van der Waals surface area contributed by atoms with Gasteiger partial charge in [0.1, 0.15) is 5.58 Å². The van der Waals surface area contributed by atoms with E-state index in [0.717, 1.165) is 29.9 Å². The maximum atomic E-state index is 12.8. The fourth-order valence-corrected chi connectivity index (χ4v) is 4.93. The van der Waals surface area contributed by atoms with Crippen LogP contribution in [0.3, 0.4) is 0 Å². The number of fused-ring (bicyclic) bond motifs is 1. The largest absolute Gasteiger partial charge is 0.422 e. The molecule has 1 aliphatic rings. The van der Waals surface area contributed by atoms with Crippen LogP contribution in [0.4, 0.5) is 17.1 Å². The summed E-state index contributed by atoms with van der Waals surface area (Å²) in [6.07, 6.45) is 1.52. The van der Waals surface area contributed by atoms with Crippen LogP contribution in [-0.4, -0.2) is 92.2 Å². The average molecular weight is 626 g/mol. The predicted molar refractivity (Wildman–Crippen MR) is 178 cm³/mol. The Morgan fingerprint density at radius 2 is 1.27 bits per heavy atom. The van der Waals surface area contributed by atoms with Crippen molar-refractivity contribution in [2.75, 3.05) is 107 Å². The van der Waals surface area contributed by atoms with E-state index < -0.39 is 5.63 Å². The molecule has 2 aromatic carbocycles. The third kappa shape index (κ3) is 10.5. The normalized spacial score (nSPS) is 17.0. The van der Waals surface area contributed by atoms with E-state index in [0.29, 0.717) is 90.4 Å². The van der Waals surface area contributed by atoms with Crippen LogP contribution in [-0.2, 0) is 23.7 Å². The summed E-state index contributed by atoms with van der Waals surface area (Å²) >= 11 is 0. The van der Waals surface area contributed by atoms with Crippen LogP contribution in [0.2, 0.25) is 0 Å². The van der Waals surface area contributed by atoms with E-state index in [2.05, 4.69) is 23.6 Å². The zero-order chi connectivity index (χ0) is 31.9. The van der Waals surface area contributed by atoms with Crippen LogP contribution in [0.15, 0.2) is 63.9 Å². The molecule has 0 bridgehead atoms. The van der Waals surface area contributed by atoms with Gasteiger partial charge >= 0.3 is 5.63 Å². The number of hydrogen-bond acceptors (Lipinski definition) is 12. The van der Waals surface area contributed by atoms with Crippen molar-refractivity contribution < 1.29 is 28.1 Å². The van der Waals surface area contributed by atoms with Crippen LogP contribution in [0.25, 0.3) is 16.7 Å². The van der Waals surface area contributed by atoms with Crippen molar-refractivity contribution in [3.05, 3.63) is 70.7 Å². The molecule has 4 rings (SSSR count). The fourth-order valence-electron chi connectivity index (χ4n) is 4.93. The monoisotopic (exact) mass is 625 g/mol. The van der Waals surface area contributed by atoms with Gasteiger partial charge in [-0.3, -0.25) is 5.01 Å². The highest BCUT2D eigenvalue weighted by molar-refractivity contribution is 5.84. The number of benzene rings is 2. The summed E-state index contributed by atoms with van der Waals surface area (Å²) in [4.78, 5) is 17.2. The molecule has 45 heavy (non-hydrogen) atoms. The molecule has 0 saturated carbocycles. The SMILES string of the molecule is CCN(CC)c1ccc2oc(=O)c(/C(N)=C/N(N)c3ccc(N4CCOCCOCCOCCOCCOCC4)cc3)cc2c1. The van der Waals surface area contributed by atoms with Crippen LogP contribution >= 0.6 is 0 Å². The molecule has 12 heteroatoms. The molecule has 0 spiro atoms. The smallest absolute Gasteiger partial charge is 0.345 e. The van der Waals surface area contributed by atoms with Gasteiger partial charge in [-0.2, -0.15) is 0 Å². The van der Waals surface area contributed by atoms with Crippen molar-refractivity contribution in [3.8, 4) is 0 Å². The Labute approximate surface area is 265 Å². The summed E-state index contributed by atoms with van der Waals surface area (Å²) < 4.78 is 33.7. The van der Waals surface area contributed by atoms with E-state index in [1.165, 1.54) is 11.2 Å². The van der Waals surface area contributed by atoms with Gasteiger partial charge in [-0.15, -0.1) is 0 Å². The van der Waals surface area contributed by atoms with E-state index in [9.17, 15) is 4.79 Å². The molecule has 0 amide bonds. The van der Waals surface area contributed by atoms with Gasteiger partial charge in [0, 0.05) is 49.1 Å². The zero-order valence-electron chi connectivity index (χ0n) is 26.4. The summed E-state index contributed by atoms with van der Waals surface area (Å²) in [6, 6.07) is 15.3.